The van der Waals surface area contributed by atoms with Crippen LogP contribution in [0.5, 0.6) is 0 Å². The van der Waals surface area contributed by atoms with Crippen molar-refractivity contribution in [3.63, 3.8) is 0 Å². The second-order valence-electron chi connectivity index (χ2n) is 2.86. The molecule has 0 bridgehead atoms. The van der Waals surface area contributed by atoms with Crippen LogP contribution >= 0.6 is 0 Å². The van der Waals surface area contributed by atoms with Gasteiger partial charge in [0.2, 0.25) is 0 Å². The van der Waals surface area contributed by atoms with Crippen LogP contribution in [0.4, 0.5) is 0 Å². The topological polar surface area (TPSA) is 45.3 Å². The highest BCUT2D eigenvalue weighted by atomic mass is 15.1. The number of rotatable bonds is 3. The monoisotopic (exact) mass is 154 g/mol. The van der Waals surface area contributed by atoms with E-state index in [0.29, 0.717) is 0 Å². The van der Waals surface area contributed by atoms with Crippen LogP contribution in [0.3, 0.4) is 0 Å². The van der Waals surface area contributed by atoms with Gasteiger partial charge >= 0.3 is 0 Å². The van der Waals surface area contributed by atoms with Gasteiger partial charge in [-0.1, -0.05) is 0 Å². The fourth-order valence-electron chi connectivity index (χ4n) is 1.23. The highest BCUT2D eigenvalue weighted by molar-refractivity contribution is 5.22. The second-order valence-corrected chi connectivity index (χ2v) is 2.86. The molecular weight excluding hydrogens is 138 g/mol. The average Bonchev–Trinajstić information content (AvgIpc) is 2.29. The molecule has 1 aromatic rings. The summed E-state index contributed by atoms with van der Waals surface area (Å²) in [6, 6.07) is 0. The highest BCUT2D eigenvalue weighted by Gasteiger charge is 2.04. The van der Waals surface area contributed by atoms with Gasteiger partial charge < -0.3 is 5.32 Å². The SMILES string of the molecule is C[NH2+]CCc1c(C)n[nH]c1C. The summed E-state index contributed by atoms with van der Waals surface area (Å²) in [7, 11) is 2.09. The first-order valence-corrected chi connectivity index (χ1v) is 4.04. The van der Waals surface area contributed by atoms with Gasteiger partial charge in [-0.3, -0.25) is 5.10 Å². The second kappa shape index (κ2) is 3.53. The fraction of sp³-hybridized carbons (Fsp3) is 0.625. The molecule has 0 aliphatic carbocycles. The molecule has 3 N–H and O–H groups in total. The Balaban J connectivity index is 2.67. The number of H-pyrrole nitrogens is 1. The summed E-state index contributed by atoms with van der Waals surface area (Å²) in [5.41, 5.74) is 3.73. The lowest BCUT2D eigenvalue weighted by molar-refractivity contribution is -0.626. The van der Waals surface area contributed by atoms with E-state index in [1.807, 2.05) is 0 Å². The number of aromatic amines is 1. The Morgan fingerprint density at radius 1 is 1.45 bits per heavy atom. The molecule has 0 amide bonds. The number of quaternary nitrogens is 1. The maximum atomic E-state index is 4.13. The minimum Gasteiger partial charge on any atom is -0.348 e. The van der Waals surface area contributed by atoms with E-state index in [1.165, 1.54) is 11.3 Å². The van der Waals surface area contributed by atoms with Crippen molar-refractivity contribution in [1.29, 1.82) is 0 Å². The molecule has 0 fully saturated rings. The van der Waals surface area contributed by atoms with Crippen molar-refractivity contribution in [2.24, 2.45) is 0 Å². The molecule has 11 heavy (non-hydrogen) atoms. The van der Waals surface area contributed by atoms with Gasteiger partial charge in [-0.25, -0.2) is 0 Å². The first-order chi connectivity index (χ1) is 5.25. The number of aromatic nitrogens is 2. The Morgan fingerprint density at radius 3 is 2.64 bits per heavy atom. The van der Waals surface area contributed by atoms with Gasteiger partial charge in [-0.05, 0) is 13.8 Å². The number of hydrogen-bond acceptors (Lipinski definition) is 1. The zero-order chi connectivity index (χ0) is 8.27. The van der Waals surface area contributed by atoms with E-state index in [9.17, 15) is 0 Å². The van der Waals surface area contributed by atoms with E-state index >= 15 is 0 Å². The Morgan fingerprint density at radius 2 is 2.18 bits per heavy atom. The Labute approximate surface area is 67.2 Å². The molecule has 0 unspecified atom stereocenters. The lowest BCUT2D eigenvalue weighted by Gasteiger charge is -1.96. The lowest BCUT2D eigenvalue weighted by Crippen LogP contribution is -2.80. The van der Waals surface area contributed by atoms with E-state index in [1.54, 1.807) is 0 Å². The van der Waals surface area contributed by atoms with Crippen molar-refractivity contribution in [3.05, 3.63) is 17.0 Å². The maximum Gasteiger partial charge on any atom is 0.0795 e. The van der Waals surface area contributed by atoms with Gasteiger partial charge in [-0.15, -0.1) is 0 Å². The van der Waals surface area contributed by atoms with Gasteiger partial charge in [0.25, 0.3) is 0 Å². The van der Waals surface area contributed by atoms with E-state index in [0.717, 1.165) is 18.7 Å². The van der Waals surface area contributed by atoms with E-state index < -0.39 is 0 Å². The van der Waals surface area contributed by atoms with Crippen molar-refractivity contribution in [2.45, 2.75) is 20.3 Å². The molecule has 0 atom stereocenters. The van der Waals surface area contributed by atoms with Gasteiger partial charge in [0.15, 0.2) is 0 Å². The van der Waals surface area contributed by atoms with Gasteiger partial charge in [-0.2, -0.15) is 5.10 Å². The summed E-state index contributed by atoms with van der Waals surface area (Å²) in [5, 5.41) is 9.30. The summed E-state index contributed by atoms with van der Waals surface area (Å²) in [6.07, 6.45) is 1.12. The molecule has 0 saturated carbocycles. The van der Waals surface area contributed by atoms with Crippen LogP contribution in [0.2, 0.25) is 0 Å². The molecule has 1 heterocycles. The number of nitrogens with two attached hydrogens (primary N) is 1. The minimum absolute atomic E-state index is 1.12. The van der Waals surface area contributed by atoms with Crippen LogP contribution < -0.4 is 5.32 Å². The fourth-order valence-corrected chi connectivity index (χ4v) is 1.23. The van der Waals surface area contributed by atoms with Crippen LogP contribution in [0, 0.1) is 13.8 Å². The molecule has 1 rings (SSSR count). The number of likely N-dealkylation sites (N-methyl/N-ethyl adjacent to an activating group) is 1. The van der Waals surface area contributed by atoms with Gasteiger partial charge in [0.1, 0.15) is 0 Å². The van der Waals surface area contributed by atoms with Gasteiger partial charge in [0, 0.05) is 17.7 Å². The van der Waals surface area contributed by atoms with Crippen LogP contribution in [0.25, 0.3) is 0 Å². The first-order valence-electron chi connectivity index (χ1n) is 4.04. The number of nitrogens with zero attached hydrogens (tertiary/aromatic N) is 1. The first kappa shape index (κ1) is 8.27. The standard InChI is InChI=1S/C8H15N3/c1-6-8(4-5-9-3)7(2)11-10-6/h9H,4-5H2,1-3H3,(H,10,11)/p+1. The van der Waals surface area contributed by atoms with Crippen molar-refractivity contribution in [2.75, 3.05) is 13.6 Å². The minimum atomic E-state index is 1.12. The van der Waals surface area contributed by atoms with Crippen molar-refractivity contribution < 1.29 is 5.32 Å². The quantitative estimate of drug-likeness (QED) is 0.620. The zero-order valence-corrected chi connectivity index (χ0v) is 7.44. The molecule has 1 aromatic heterocycles. The molecular formula is C8H16N3+. The molecule has 0 saturated heterocycles. The van der Waals surface area contributed by atoms with Crippen LogP contribution in [-0.2, 0) is 6.42 Å². The Bertz CT molecular complexity index is 208. The third-order valence-corrected chi connectivity index (χ3v) is 1.96. The maximum absolute atomic E-state index is 4.13. The van der Waals surface area contributed by atoms with Crippen LogP contribution in [-0.4, -0.2) is 23.8 Å². The van der Waals surface area contributed by atoms with Crippen molar-refractivity contribution >= 4 is 0 Å². The van der Waals surface area contributed by atoms with Crippen LogP contribution in [0.1, 0.15) is 17.0 Å². The van der Waals surface area contributed by atoms with Crippen molar-refractivity contribution in [3.8, 4) is 0 Å². The molecule has 0 aromatic carbocycles. The predicted octanol–water partition coefficient (Wildman–Crippen LogP) is -0.238. The highest BCUT2D eigenvalue weighted by Crippen LogP contribution is 2.08. The molecule has 0 radical (unpaired) electrons. The van der Waals surface area contributed by atoms with Crippen molar-refractivity contribution in [1.82, 2.24) is 10.2 Å². The molecule has 62 valence electrons. The zero-order valence-electron chi connectivity index (χ0n) is 7.44. The Hall–Kier alpha value is -0.830. The largest absolute Gasteiger partial charge is 0.348 e. The summed E-state index contributed by atoms with van der Waals surface area (Å²) in [6.45, 7) is 5.26. The normalized spacial score (nSPS) is 10.5. The summed E-state index contributed by atoms with van der Waals surface area (Å²) >= 11 is 0. The predicted molar refractivity (Wildman–Crippen MR) is 44.5 cm³/mol. The molecule has 0 spiro atoms. The third kappa shape index (κ3) is 1.80. The Kier molecular flexibility index (Phi) is 2.65. The molecule has 3 nitrogen and oxygen atoms in total. The summed E-state index contributed by atoms with van der Waals surface area (Å²) in [4.78, 5) is 0. The number of nitrogens with one attached hydrogen (secondary N) is 1. The smallest absolute Gasteiger partial charge is 0.0795 e. The third-order valence-electron chi connectivity index (χ3n) is 1.96. The van der Waals surface area contributed by atoms with E-state index in [2.05, 4.69) is 36.4 Å². The number of hydrogen-bond donors (Lipinski definition) is 2. The van der Waals surface area contributed by atoms with Crippen LogP contribution in [0.15, 0.2) is 0 Å². The average molecular weight is 154 g/mol. The van der Waals surface area contributed by atoms with Gasteiger partial charge in [0.05, 0.1) is 19.3 Å². The lowest BCUT2D eigenvalue weighted by atomic mass is 10.1. The molecule has 0 aliphatic heterocycles. The molecule has 0 aliphatic rings. The van der Waals surface area contributed by atoms with E-state index in [-0.39, 0.29) is 0 Å². The van der Waals surface area contributed by atoms with E-state index in [4.69, 9.17) is 0 Å². The number of aryl methyl sites for hydroxylation is 2. The summed E-state index contributed by atoms with van der Waals surface area (Å²) < 4.78 is 0. The molecule has 3 heteroatoms. The summed E-state index contributed by atoms with van der Waals surface area (Å²) in [5.74, 6) is 0.